The van der Waals surface area contributed by atoms with E-state index in [0.717, 1.165) is 16.7 Å². The molecule has 0 amide bonds. The fraction of sp³-hybridized carbons (Fsp3) is 0.125. The summed E-state index contributed by atoms with van der Waals surface area (Å²) in [6.45, 7) is 3.92. The van der Waals surface area contributed by atoms with E-state index >= 15 is 0 Å². The summed E-state index contributed by atoms with van der Waals surface area (Å²) in [4.78, 5) is 26.8. The average Bonchev–Trinajstić information content (AvgIpc) is 2.84. The van der Waals surface area contributed by atoms with Gasteiger partial charge in [0.2, 0.25) is 5.82 Å². The lowest BCUT2D eigenvalue weighted by atomic mass is 10.0. The van der Waals surface area contributed by atoms with E-state index in [4.69, 9.17) is 5.11 Å². The Morgan fingerprint density at radius 1 is 1.23 bits per heavy atom. The number of fused-ring (bicyclic) bond motifs is 1. The van der Waals surface area contributed by atoms with Gasteiger partial charge in [0, 0.05) is 11.8 Å². The van der Waals surface area contributed by atoms with Crippen LogP contribution in [0.2, 0.25) is 0 Å². The van der Waals surface area contributed by atoms with Gasteiger partial charge in [0.05, 0.1) is 5.56 Å². The van der Waals surface area contributed by atoms with Crippen LogP contribution < -0.4 is 0 Å². The van der Waals surface area contributed by atoms with E-state index in [0.29, 0.717) is 11.3 Å². The summed E-state index contributed by atoms with van der Waals surface area (Å²) in [5.74, 6) is -0.967. The SMILES string of the molecule is Cc1ccc(-c2nc3ccc(C(=O)O)cn3c2N=O)c(C)c1. The molecule has 0 atom stereocenters. The molecule has 6 nitrogen and oxygen atoms in total. The molecule has 6 heteroatoms. The quantitative estimate of drug-likeness (QED) is 0.746. The third-order valence-corrected chi connectivity index (χ3v) is 3.56. The highest BCUT2D eigenvalue weighted by Gasteiger charge is 2.17. The molecule has 3 aromatic rings. The summed E-state index contributed by atoms with van der Waals surface area (Å²) >= 11 is 0. The number of imidazole rings is 1. The number of aryl methyl sites for hydroxylation is 2. The second kappa shape index (κ2) is 5.07. The molecule has 0 aliphatic heterocycles. The Hall–Kier alpha value is -3.02. The molecule has 0 radical (unpaired) electrons. The summed E-state index contributed by atoms with van der Waals surface area (Å²) in [5, 5.41) is 12.1. The molecular weight excluding hydrogens is 282 g/mol. The maximum Gasteiger partial charge on any atom is 0.337 e. The van der Waals surface area contributed by atoms with Gasteiger partial charge in [-0.3, -0.25) is 4.40 Å². The van der Waals surface area contributed by atoms with E-state index in [1.165, 1.54) is 16.7 Å². The second-order valence-electron chi connectivity index (χ2n) is 5.14. The zero-order valence-electron chi connectivity index (χ0n) is 12.1. The first-order valence-corrected chi connectivity index (χ1v) is 6.67. The van der Waals surface area contributed by atoms with Crippen LogP contribution in [0.5, 0.6) is 0 Å². The predicted molar refractivity (Wildman–Crippen MR) is 82.5 cm³/mol. The maximum absolute atomic E-state index is 11.3. The molecule has 1 N–H and O–H groups in total. The minimum absolute atomic E-state index is 0.0713. The normalized spacial score (nSPS) is 10.8. The number of carboxylic acids is 1. The molecular formula is C16H13N3O3. The number of pyridine rings is 1. The number of hydrogen-bond acceptors (Lipinski definition) is 4. The third-order valence-electron chi connectivity index (χ3n) is 3.56. The molecule has 2 heterocycles. The van der Waals surface area contributed by atoms with E-state index in [2.05, 4.69) is 10.2 Å². The molecule has 110 valence electrons. The molecule has 0 spiro atoms. The van der Waals surface area contributed by atoms with Gasteiger partial charge in [0.25, 0.3) is 0 Å². The fourth-order valence-corrected chi connectivity index (χ4v) is 2.51. The number of rotatable bonds is 3. The molecule has 0 fully saturated rings. The number of carboxylic acid groups (broad SMARTS) is 1. The zero-order valence-corrected chi connectivity index (χ0v) is 12.1. The summed E-state index contributed by atoms with van der Waals surface area (Å²) < 4.78 is 1.41. The van der Waals surface area contributed by atoms with Gasteiger partial charge < -0.3 is 5.11 Å². The van der Waals surface area contributed by atoms with E-state index in [1.807, 2.05) is 32.0 Å². The van der Waals surface area contributed by atoms with Gasteiger partial charge in [-0.05, 0) is 36.7 Å². The number of nitrogens with zero attached hydrogens (tertiary/aromatic N) is 3. The lowest BCUT2D eigenvalue weighted by Gasteiger charge is -2.04. The minimum atomic E-state index is -1.07. The summed E-state index contributed by atoms with van der Waals surface area (Å²) in [6, 6.07) is 8.83. The van der Waals surface area contributed by atoms with E-state index in [9.17, 15) is 9.70 Å². The van der Waals surface area contributed by atoms with Crippen molar-refractivity contribution < 1.29 is 9.90 Å². The van der Waals surface area contributed by atoms with Crippen LogP contribution in [0.4, 0.5) is 5.82 Å². The Labute approximate surface area is 126 Å². The number of aromatic nitrogens is 2. The van der Waals surface area contributed by atoms with Crippen molar-refractivity contribution in [2.75, 3.05) is 0 Å². The van der Waals surface area contributed by atoms with E-state index < -0.39 is 5.97 Å². The first-order valence-electron chi connectivity index (χ1n) is 6.67. The topological polar surface area (TPSA) is 84.0 Å². The highest BCUT2D eigenvalue weighted by molar-refractivity contribution is 5.88. The maximum atomic E-state index is 11.3. The van der Waals surface area contributed by atoms with Gasteiger partial charge in [-0.25, -0.2) is 9.78 Å². The molecule has 22 heavy (non-hydrogen) atoms. The molecule has 0 unspecified atom stereocenters. The number of nitroso groups, excluding NO2 is 1. The number of carbonyl (C=O) groups is 1. The van der Waals surface area contributed by atoms with Gasteiger partial charge in [0.15, 0.2) is 0 Å². The Morgan fingerprint density at radius 3 is 2.64 bits per heavy atom. The van der Waals surface area contributed by atoms with Gasteiger partial charge in [-0.2, -0.15) is 0 Å². The van der Waals surface area contributed by atoms with Crippen LogP contribution in [0.3, 0.4) is 0 Å². The Bertz CT molecular complexity index is 912. The highest BCUT2D eigenvalue weighted by Crippen LogP contribution is 2.33. The lowest BCUT2D eigenvalue weighted by molar-refractivity contribution is 0.0696. The Kier molecular flexibility index (Phi) is 3.21. The summed E-state index contributed by atoms with van der Waals surface area (Å²) in [7, 11) is 0. The van der Waals surface area contributed by atoms with Gasteiger partial charge >= 0.3 is 5.97 Å². The lowest BCUT2D eigenvalue weighted by Crippen LogP contribution is -1.98. The summed E-state index contributed by atoms with van der Waals surface area (Å²) in [5.41, 5.74) is 3.90. The van der Waals surface area contributed by atoms with Gasteiger partial charge in [0.1, 0.15) is 11.3 Å². The zero-order chi connectivity index (χ0) is 15.9. The molecule has 0 saturated carbocycles. The smallest absolute Gasteiger partial charge is 0.337 e. The van der Waals surface area contributed by atoms with Crippen molar-refractivity contribution in [1.29, 1.82) is 0 Å². The molecule has 0 aliphatic carbocycles. The van der Waals surface area contributed by atoms with Gasteiger partial charge in [-0.15, -0.1) is 4.91 Å². The van der Waals surface area contributed by atoms with Crippen molar-refractivity contribution in [2.24, 2.45) is 5.18 Å². The Balaban J connectivity index is 2.30. The van der Waals surface area contributed by atoms with Crippen molar-refractivity contribution in [3.63, 3.8) is 0 Å². The van der Waals surface area contributed by atoms with Crippen molar-refractivity contribution >= 4 is 17.4 Å². The van der Waals surface area contributed by atoms with E-state index in [1.54, 1.807) is 6.07 Å². The monoisotopic (exact) mass is 295 g/mol. The standard InChI is InChI=1S/C16H13N3O3/c1-9-3-5-12(10(2)7-9)14-15(18-22)19-8-11(16(20)21)4-6-13(19)17-14/h3-8H,1-2H3,(H,20,21). The van der Waals surface area contributed by atoms with Crippen LogP contribution in [0.1, 0.15) is 21.5 Å². The van der Waals surface area contributed by atoms with Crippen molar-refractivity contribution in [3.8, 4) is 11.3 Å². The molecule has 0 saturated heterocycles. The third kappa shape index (κ3) is 2.14. The number of aromatic carboxylic acids is 1. The molecule has 0 aliphatic rings. The highest BCUT2D eigenvalue weighted by atomic mass is 16.4. The van der Waals surface area contributed by atoms with Crippen LogP contribution in [-0.2, 0) is 0 Å². The van der Waals surface area contributed by atoms with Crippen molar-refractivity contribution in [2.45, 2.75) is 13.8 Å². The van der Waals surface area contributed by atoms with Gasteiger partial charge in [-0.1, -0.05) is 23.8 Å². The van der Waals surface area contributed by atoms with Crippen molar-refractivity contribution in [1.82, 2.24) is 9.38 Å². The predicted octanol–water partition coefficient (Wildman–Crippen LogP) is 3.71. The summed E-state index contributed by atoms with van der Waals surface area (Å²) in [6.07, 6.45) is 1.36. The fourth-order valence-electron chi connectivity index (χ4n) is 2.51. The average molecular weight is 295 g/mol. The largest absolute Gasteiger partial charge is 0.478 e. The van der Waals surface area contributed by atoms with Crippen LogP contribution >= 0.6 is 0 Å². The first-order chi connectivity index (χ1) is 10.5. The molecule has 0 bridgehead atoms. The second-order valence-corrected chi connectivity index (χ2v) is 5.14. The number of hydrogen-bond donors (Lipinski definition) is 1. The van der Waals surface area contributed by atoms with Crippen LogP contribution in [0.25, 0.3) is 16.9 Å². The van der Waals surface area contributed by atoms with E-state index in [-0.39, 0.29) is 11.4 Å². The first kappa shape index (κ1) is 13.9. The Morgan fingerprint density at radius 2 is 2.00 bits per heavy atom. The van der Waals surface area contributed by atoms with Crippen molar-refractivity contribution in [3.05, 3.63) is 58.1 Å². The number of benzene rings is 1. The minimum Gasteiger partial charge on any atom is -0.478 e. The molecule has 1 aromatic carbocycles. The van der Waals surface area contributed by atoms with Crippen LogP contribution in [0, 0.1) is 18.8 Å². The molecule has 2 aromatic heterocycles. The molecule has 3 rings (SSSR count). The van der Waals surface area contributed by atoms with Crippen LogP contribution in [0.15, 0.2) is 41.7 Å². The van der Waals surface area contributed by atoms with Crippen LogP contribution in [-0.4, -0.2) is 20.5 Å².